The Balaban J connectivity index is 1.47. The van der Waals surface area contributed by atoms with E-state index in [2.05, 4.69) is 10.5 Å². The van der Waals surface area contributed by atoms with E-state index < -0.39 is 11.9 Å². The molecule has 0 atom stereocenters. The molecule has 0 radical (unpaired) electrons. The van der Waals surface area contributed by atoms with E-state index in [9.17, 15) is 9.59 Å². The van der Waals surface area contributed by atoms with Gasteiger partial charge >= 0.3 is 5.97 Å². The van der Waals surface area contributed by atoms with Crippen LogP contribution in [0, 0.1) is 6.92 Å². The lowest BCUT2D eigenvalue weighted by Gasteiger charge is -2.07. The molecule has 0 aliphatic heterocycles. The van der Waals surface area contributed by atoms with E-state index in [1.807, 2.05) is 19.1 Å². The number of nitrogens with zero attached hydrogens (tertiary/aromatic N) is 1. The Morgan fingerprint density at radius 3 is 2.42 bits per heavy atom. The van der Waals surface area contributed by atoms with Crippen LogP contribution >= 0.6 is 23.2 Å². The molecule has 3 aromatic carbocycles. The number of hydrazone groups is 1. The van der Waals surface area contributed by atoms with Crippen LogP contribution in [-0.4, -0.2) is 24.7 Å². The number of benzene rings is 3. The van der Waals surface area contributed by atoms with Crippen molar-refractivity contribution < 1.29 is 19.1 Å². The first kappa shape index (κ1) is 22.3. The smallest absolute Gasteiger partial charge is 0.343 e. The molecule has 0 spiro atoms. The van der Waals surface area contributed by atoms with Gasteiger partial charge in [-0.25, -0.2) is 10.2 Å². The zero-order valence-corrected chi connectivity index (χ0v) is 18.0. The Morgan fingerprint density at radius 1 is 1.00 bits per heavy atom. The van der Waals surface area contributed by atoms with Gasteiger partial charge in [0.2, 0.25) is 0 Å². The minimum absolute atomic E-state index is 0.239. The van der Waals surface area contributed by atoms with Gasteiger partial charge in [-0.1, -0.05) is 47.0 Å². The molecule has 1 N–H and O–H groups in total. The van der Waals surface area contributed by atoms with Crippen molar-refractivity contribution in [2.45, 2.75) is 6.92 Å². The normalized spacial score (nSPS) is 10.7. The Labute approximate surface area is 189 Å². The molecule has 31 heavy (non-hydrogen) atoms. The van der Waals surface area contributed by atoms with Gasteiger partial charge in [0.1, 0.15) is 16.5 Å². The first-order valence-corrected chi connectivity index (χ1v) is 9.95. The summed E-state index contributed by atoms with van der Waals surface area (Å²) in [5.41, 5.74) is 4.59. The van der Waals surface area contributed by atoms with E-state index in [1.165, 1.54) is 6.21 Å². The number of esters is 1. The van der Waals surface area contributed by atoms with Crippen molar-refractivity contribution in [1.82, 2.24) is 5.43 Å². The maximum Gasteiger partial charge on any atom is 0.343 e. The van der Waals surface area contributed by atoms with Gasteiger partial charge in [0.15, 0.2) is 6.61 Å². The van der Waals surface area contributed by atoms with Gasteiger partial charge in [-0.2, -0.15) is 5.10 Å². The third-order valence-corrected chi connectivity index (χ3v) is 4.86. The van der Waals surface area contributed by atoms with Crippen molar-refractivity contribution in [2.75, 3.05) is 6.61 Å². The number of carbonyl (C=O) groups excluding carboxylic acids is 2. The van der Waals surface area contributed by atoms with Crippen molar-refractivity contribution >= 4 is 41.3 Å². The molecule has 0 fully saturated rings. The molecule has 6 nitrogen and oxygen atoms in total. The fraction of sp³-hybridized carbons (Fsp3) is 0.0870. The zero-order chi connectivity index (χ0) is 22.2. The molecule has 0 aliphatic rings. The van der Waals surface area contributed by atoms with Crippen molar-refractivity contribution in [2.24, 2.45) is 5.10 Å². The molecule has 0 aliphatic carbocycles. The first-order chi connectivity index (χ1) is 14.9. The number of amides is 1. The molecule has 0 aromatic heterocycles. The molecule has 0 saturated carbocycles. The summed E-state index contributed by atoms with van der Waals surface area (Å²) in [7, 11) is 0. The SMILES string of the molecule is Cc1ccc(C(=O)Oc2ccc(/C=N/NC(=O)COc3cccc(Cl)c3Cl)cc2)cc1. The molecule has 0 saturated heterocycles. The van der Waals surface area contributed by atoms with Gasteiger partial charge in [-0.15, -0.1) is 0 Å². The highest BCUT2D eigenvalue weighted by Gasteiger charge is 2.09. The monoisotopic (exact) mass is 456 g/mol. The lowest BCUT2D eigenvalue weighted by Crippen LogP contribution is -2.24. The fourth-order valence-corrected chi connectivity index (χ4v) is 2.77. The van der Waals surface area contributed by atoms with Crippen LogP contribution in [0.3, 0.4) is 0 Å². The van der Waals surface area contributed by atoms with Crippen LogP contribution in [0.2, 0.25) is 10.0 Å². The summed E-state index contributed by atoms with van der Waals surface area (Å²) in [5, 5.41) is 4.45. The molecule has 0 unspecified atom stereocenters. The number of hydrogen-bond acceptors (Lipinski definition) is 5. The lowest BCUT2D eigenvalue weighted by atomic mass is 10.1. The van der Waals surface area contributed by atoms with Gasteiger partial charge in [-0.3, -0.25) is 4.79 Å². The Kier molecular flexibility index (Phi) is 7.65. The van der Waals surface area contributed by atoms with Gasteiger partial charge in [0, 0.05) is 0 Å². The number of nitrogens with one attached hydrogen (secondary N) is 1. The van der Waals surface area contributed by atoms with E-state index in [-0.39, 0.29) is 11.6 Å². The Bertz CT molecular complexity index is 1100. The summed E-state index contributed by atoms with van der Waals surface area (Å²) in [6.45, 7) is 1.67. The topological polar surface area (TPSA) is 77.0 Å². The van der Waals surface area contributed by atoms with Crippen LogP contribution in [0.15, 0.2) is 71.8 Å². The average Bonchev–Trinajstić information content (AvgIpc) is 2.76. The molecule has 158 valence electrons. The van der Waals surface area contributed by atoms with E-state index in [1.54, 1.807) is 54.6 Å². The summed E-state index contributed by atoms with van der Waals surface area (Å²) < 4.78 is 10.7. The van der Waals surface area contributed by atoms with Gasteiger partial charge in [0.25, 0.3) is 5.91 Å². The number of aryl methyl sites for hydroxylation is 1. The van der Waals surface area contributed by atoms with E-state index in [4.69, 9.17) is 32.7 Å². The number of rotatable bonds is 7. The highest BCUT2D eigenvalue weighted by molar-refractivity contribution is 6.42. The largest absolute Gasteiger partial charge is 0.482 e. The highest BCUT2D eigenvalue weighted by atomic mass is 35.5. The van der Waals surface area contributed by atoms with Crippen molar-refractivity contribution in [3.8, 4) is 11.5 Å². The maximum atomic E-state index is 12.1. The van der Waals surface area contributed by atoms with E-state index in [0.717, 1.165) is 5.56 Å². The average molecular weight is 457 g/mol. The minimum atomic E-state index is -0.462. The summed E-state index contributed by atoms with van der Waals surface area (Å²) in [5.74, 6) is -0.188. The van der Waals surface area contributed by atoms with Gasteiger partial charge in [0.05, 0.1) is 16.8 Å². The van der Waals surface area contributed by atoms with Crippen LogP contribution < -0.4 is 14.9 Å². The standard InChI is InChI=1S/C23H18Cl2N2O4/c1-15-5-9-17(10-6-15)23(29)31-18-11-7-16(8-12-18)13-26-27-21(28)14-30-20-4-2-3-19(24)22(20)25/h2-13H,14H2,1H3,(H,27,28)/b26-13+. The second-order valence-corrected chi connectivity index (χ2v) is 7.24. The van der Waals surface area contributed by atoms with Crippen LogP contribution in [-0.2, 0) is 4.79 Å². The molecule has 3 rings (SSSR count). The number of halogens is 2. The molecule has 1 amide bonds. The molecular formula is C23H18Cl2N2O4. The molecule has 0 heterocycles. The number of hydrogen-bond donors (Lipinski definition) is 1. The second kappa shape index (κ2) is 10.6. The van der Waals surface area contributed by atoms with Crippen LogP contribution in [0.25, 0.3) is 0 Å². The zero-order valence-electron chi connectivity index (χ0n) is 16.5. The van der Waals surface area contributed by atoms with Crippen molar-refractivity contribution in [1.29, 1.82) is 0 Å². The molecule has 0 bridgehead atoms. The lowest BCUT2D eigenvalue weighted by molar-refractivity contribution is -0.123. The number of carbonyl (C=O) groups is 2. The first-order valence-electron chi connectivity index (χ1n) is 9.20. The molecular weight excluding hydrogens is 439 g/mol. The molecule has 8 heteroatoms. The van der Waals surface area contributed by atoms with Crippen molar-refractivity contribution in [3.05, 3.63) is 93.5 Å². The summed E-state index contributed by atoms with van der Waals surface area (Å²) in [4.78, 5) is 24.0. The van der Waals surface area contributed by atoms with Crippen LogP contribution in [0.1, 0.15) is 21.5 Å². The summed E-state index contributed by atoms with van der Waals surface area (Å²) in [6.07, 6.45) is 1.45. The van der Waals surface area contributed by atoms with Crippen LogP contribution in [0.4, 0.5) is 0 Å². The third-order valence-electron chi connectivity index (χ3n) is 4.06. The number of ether oxygens (including phenoxy) is 2. The maximum absolute atomic E-state index is 12.1. The summed E-state index contributed by atoms with van der Waals surface area (Å²) >= 11 is 11.9. The quantitative estimate of drug-likeness (QED) is 0.233. The van der Waals surface area contributed by atoms with E-state index >= 15 is 0 Å². The van der Waals surface area contributed by atoms with Gasteiger partial charge in [-0.05, 0) is 61.0 Å². The minimum Gasteiger partial charge on any atom is -0.482 e. The predicted molar refractivity (Wildman–Crippen MR) is 120 cm³/mol. The Morgan fingerprint density at radius 2 is 1.71 bits per heavy atom. The van der Waals surface area contributed by atoms with Gasteiger partial charge < -0.3 is 9.47 Å². The van der Waals surface area contributed by atoms with Crippen LogP contribution in [0.5, 0.6) is 11.5 Å². The third kappa shape index (κ3) is 6.57. The summed E-state index contributed by atoms with van der Waals surface area (Å²) in [6, 6.07) is 18.7. The van der Waals surface area contributed by atoms with Crippen molar-refractivity contribution in [3.63, 3.8) is 0 Å². The molecule has 3 aromatic rings. The predicted octanol–water partition coefficient (Wildman–Crippen LogP) is 5.05. The highest BCUT2D eigenvalue weighted by Crippen LogP contribution is 2.31. The second-order valence-electron chi connectivity index (χ2n) is 6.46. The Hall–Kier alpha value is -3.35. The fourth-order valence-electron chi connectivity index (χ4n) is 2.43. The van der Waals surface area contributed by atoms with E-state index in [0.29, 0.717) is 27.6 Å².